The van der Waals surface area contributed by atoms with Crippen LogP contribution in [-0.4, -0.2) is 41.4 Å². The van der Waals surface area contributed by atoms with Crippen LogP contribution >= 0.6 is 11.8 Å². The van der Waals surface area contributed by atoms with Crippen LogP contribution in [0.25, 0.3) is 0 Å². The number of aromatic amines is 1. The van der Waals surface area contributed by atoms with E-state index in [-0.39, 0.29) is 11.4 Å². The average Bonchev–Trinajstić information content (AvgIpc) is 2.91. The lowest BCUT2D eigenvalue weighted by Crippen LogP contribution is -2.21. The minimum atomic E-state index is -0.949. The van der Waals surface area contributed by atoms with Crippen LogP contribution in [-0.2, 0) is 17.9 Å². The van der Waals surface area contributed by atoms with Crippen LogP contribution in [0.1, 0.15) is 5.56 Å². The molecule has 102 valence electrons. The second-order valence-corrected chi connectivity index (χ2v) is 4.87. The van der Waals surface area contributed by atoms with E-state index in [0.717, 1.165) is 17.3 Å². The highest BCUT2D eigenvalue weighted by molar-refractivity contribution is 7.99. The van der Waals surface area contributed by atoms with Crippen molar-refractivity contribution in [3.8, 4) is 0 Å². The molecule has 9 heteroatoms. The van der Waals surface area contributed by atoms with Crippen LogP contribution in [0.5, 0.6) is 0 Å². The van der Waals surface area contributed by atoms with Gasteiger partial charge < -0.3 is 5.11 Å². The summed E-state index contributed by atoms with van der Waals surface area (Å²) in [5.74, 6) is -1.08. The highest BCUT2D eigenvalue weighted by Crippen LogP contribution is 2.12. The van der Waals surface area contributed by atoms with Crippen molar-refractivity contribution in [2.45, 2.75) is 25.2 Å². The van der Waals surface area contributed by atoms with Crippen LogP contribution in [0.15, 0.2) is 22.3 Å². The van der Waals surface area contributed by atoms with Crippen molar-refractivity contribution in [3.05, 3.63) is 28.4 Å². The fraction of sp³-hybridized carbons (Fsp3) is 0.400. The Morgan fingerprint density at radius 1 is 1.53 bits per heavy atom. The van der Waals surface area contributed by atoms with Crippen LogP contribution in [0.3, 0.4) is 0 Å². The zero-order chi connectivity index (χ0) is 13.8. The lowest BCUT2D eigenvalue weighted by molar-refractivity contribution is -0.133. The Morgan fingerprint density at radius 3 is 2.95 bits per heavy atom. The lowest BCUT2D eigenvalue weighted by Gasteiger charge is -2.04. The fourth-order valence-corrected chi connectivity index (χ4v) is 2.22. The number of nitrogens with zero attached hydrogens (tertiary/aromatic N) is 4. The normalized spacial score (nSPS) is 10.8. The molecule has 2 aromatic rings. The molecule has 0 saturated heterocycles. The molecule has 0 unspecified atom stereocenters. The quantitative estimate of drug-likeness (QED) is 0.720. The molecule has 0 fully saturated rings. The van der Waals surface area contributed by atoms with E-state index >= 15 is 0 Å². The van der Waals surface area contributed by atoms with Crippen LogP contribution in [0, 0.1) is 6.92 Å². The summed E-state index contributed by atoms with van der Waals surface area (Å²) in [6.07, 6.45) is 3.60. The van der Waals surface area contributed by atoms with Gasteiger partial charge in [-0.3, -0.25) is 14.0 Å². The highest BCUT2D eigenvalue weighted by atomic mass is 32.2. The van der Waals surface area contributed by atoms with E-state index < -0.39 is 5.97 Å². The van der Waals surface area contributed by atoms with Gasteiger partial charge in [-0.15, -0.1) is 5.10 Å². The zero-order valence-electron chi connectivity index (χ0n) is 10.2. The summed E-state index contributed by atoms with van der Waals surface area (Å²) in [7, 11) is 0. The molecule has 0 radical (unpaired) electrons. The second kappa shape index (κ2) is 5.74. The fourth-order valence-electron chi connectivity index (χ4n) is 1.53. The minimum absolute atomic E-state index is 0.134. The molecule has 0 saturated carbocycles. The van der Waals surface area contributed by atoms with Crippen molar-refractivity contribution >= 4 is 17.7 Å². The maximum Gasteiger partial charge on any atom is 0.344 e. The minimum Gasteiger partial charge on any atom is -0.481 e. The van der Waals surface area contributed by atoms with Crippen molar-refractivity contribution in [2.24, 2.45) is 0 Å². The molecular weight excluding hydrogens is 270 g/mol. The average molecular weight is 283 g/mol. The summed E-state index contributed by atoms with van der Waals surface area (Å²) >= 11 is 1.01. The van der Waals surface area contributed by atoms with E-state index in [1.54, 1.807) is 10.9 Å². The number of H-pyrrole nitrogens is 1. The third kappa shape index (κ3) is 3.47. The number of carboxylic acids is 1. The molecule has 0 spiro atoms. The van der Waals surface area contributed by atoms with Crippen molar-refractivity contribution in [2.75, 3.05) is 5.75 Å². The molecule has 0 aliphatic carbocycles. The maximum atomic E-state index is 11.6. The number of aryl methyl sites for hydroxylation is 2. The highest BCUT2D eigenvalue weighted by Gasteiger charge is 2.10. The number of hydrogen-bond acceptors (Lipinski definition) is 5. The number of thioether (sulfide) groups is 1. The van der Waals surface area contributed by atoms with Gasteiger partial charge in [0.25, 0.3) is 0 Å². The monoisotopic (exact) mass is 283 g/mol. The van der Waals surface area contributed by atoms with Crippen LogP contribution in [0.4, 0.5) is 0 Å². The van der Waals surface area contributed by atoms with Crippen LogP contribution < -0.4 is 5.69 Å². The maximum absolute atomic E-state index is 11.6. The molecule has 0 atom stereocenters. The third-order valence-electron chi connectivity index (χ3n) is 2.36. The molecule has 2 N–H and O–H groups in total. The van der Waals surface area contributed by atoms with Gasteiger partial charge in [0.05, 0.1) is 18.5 Å². The Labute approximate surface area is 112 Å². The lowest BCUT2D eigenvalue weighted by atomic mass is 10.4. The molecule has 19 heavy (non-hydrogen) atoms. The summed E-state index contributed by atoms with van der Waals surface area (Å²) < 4.78 is 3.13. The number of carboxylic acid groups (broad SMARTS) is 1. The van der Waals surface area contributed by atoms with Gasteiger partial charge in [0.1, 0.15) is 0 Å². The molecule has 2 heterocycles. The Hall–Kier alpha value is -2.03. The topological polar surface area (TPSA) is 106 Å². The first-order chi connectivity index (χ1) is 9.06. The first-order valence-corrected chi connectivity index (χ1v) is 6.53. The largest absolute Gasteiger partial charge is 0.481 e. The van der Waals surface area contributed by atoms with Gasteiger partial charge in [0.2, 0.25) is 0 Å². The SMILES string of the molecule is Cc1cnn(CCn2c(SCC(=O)O)n[nH]c2=O)c1. The summed E-state index contributed by atoms with van der Waals surface area (Å²) in [6, 6.07) is 0. The first-order valence-electron chi connectivity index (χ1n) is 5.55. The molecule has 0 aliphatic heterocycles. The third-order valence-corrected chi connectivity index (χ3v) is 3.32. The van der Waals surface area contributed by atoms with Gasteiger partial charge in [-0.2, -0.15) is 5.10 Å². The number of nitrogens with one attached hydrogen (secondary N) is 1. The summed E-state index contributed by atoms with van der Waals surface area (Å²) in [5, 5.41) is 19.2. The molecule has 8 nitrogen and oxygen atoms in total. The van der Waals surface area contributed by atoms with Gasteiger partial charge in [0, 0.05) is 12.7 Å². The van der Waals surface area contributed by atoms with Crippen LogP contribution in [0.2, 0.25) is 0 Å². The van der Waals surface area contributed by atoms with Gasteiger partial charge in [0.15, 0.2) is 5.16 Å². The van der Waals surface area contributed by atoms with Crippen molar-refractivity contribution in [1.82, 2.24) is 24.5 Å². The van der Waals surface area contributed by atoms with E-state index in [2.05, 4.69) is 15.3 Å². The summed E-state index contributed by atoms with van der Waals surface area (Å²) in [5.41, 5.74) is 0.691. The summed E-state index contributed by atoms with van der Waals surface area (Å²) in [4.78, 5) is 22.1. The van der Waals surface area contributed by atoms with Crippen molar-refractivity contribution in [1.29, 1.82) is 0 Å². The van der Waals surface area contributed by atoms with Gasteiger partial charge in [-0.1, -0.05) is 11.8 Å². The molecule has 0 bridgehead atoms. The van der Waals surface area contributed by atoms with E-state index in [1.807, 2.05) is 13.1 Å². The first kappa shape index (κ1) is 13.4. The molecule has 2 rings (SSSR count). The Morgan fingerprint density at radius 2 is 2.32 bits per heavy atom. The Balaban J connectivity index is 2.04. The van der Waals surface area contributed by atoms with Crippen molar-refractivity contribution < 1.29 is 9.90 Å². The molecule has 2 aromatic heterocycles. The molecule has 0 amide bonds. The molecular formula is C10H13N5O3S. The smallest absolute Gasteiger partial charge is 0.344 e. The number of hydrogen-bond donors (Lipinski definition) is 2. The van der Waals surface area contributed by atoms with E-state index in [4.69, 9.17) is 5.11 Å². The number of aliphatic carboxylic acids is 1. The predicted octanol–water partition coefficient (Wildman–Crippen LogP) is -0.0468. The number of aromatic nitrogens is 5. The van der Waals surface area contributed by atoms with Gasteiger partial charge >= 0.3 is 11.7 Å². The molecule has 0 aliphatic rings. The zero-order valence-corrected chi connectivity index (χ0v) is 11.1. The standard InChI is InChI=1S/C10H13N5O3S/c1-7-4-11-14(5-7)2-3-15-9(18)12-13-10(15)19-6-8(16)17/h4-5H,2-3,6H2,1H3,(H,12,18)(H,16,17). The van der Waals surface area contributed by atoms with E-state index in [9.17, 15) is 9.59 Å². The predicted molar refractivity (Wildman–Crippen MR) is 68.2 cm³/mol. The number of carbonyl (C=O) groups is 1. The van der Waals surface area contributed by atoms with Gasteiger partial charge in [-0.25, -0.2) is 9.89 Å². The van der Waals surface area contributed by atoms with E-state index in [0.29, 0.717) is 18.2 Å². The van der Waals surface area contributed by atoms with E-state index in [1.165, 1.54) is 4.57 Å². The number of rotatable bonds is 6. The van der Waals surface area contributed by atoms with Gasteiger partial charge in [-0.05, 0) is 12.5 Å². The Kier molecular flexibility index (Phi) is 4.05. The summed E-state index contributed by atoms with van der Waals surface area (Å²) in [6.45, 7) is 2.84. The second-order valence-electron chi connectivity index (χ2n) is 3.93. The van der Waals surface area contributed by atoms with Crippen molar-refractivity contribution in [3.63, 3.8) is 0 Å². The molecule has 0 aromatic carbocycles. The Bertz CT molecular complexity index is 629.